The summed E-state index contributed by atoms with van der Waals surface area (Å²) < 4.78 is 10.6. The molecule has 1 aliphatic rings. The van der Waals surface area contributed by atoms with Crippen molar-refractivity contribution in [1.82, 2.24) is 15.5 Å². The molecule has 0 spiro atoms. The first-order valence-electron chi connectivity index (χ1n) is 6.21. The van der Waals surface area contributed by atoms with Gasteiger partial charge in [-0.05, 0) is 45.7 Å². The molecule has 1 aliphatic heterocycles. The Morgan fingerprint density at radius 3 is 2.76 bits per heavy atom. The molecule has 0 aliphatic carbocycles. The quantitative estimate of drug-likeness (QED) is 0.862. The van der Waals surface area contributed by atoms with Gasteiger partial charge in [-0.25, -0.2) is 0 Å². The van der Waals surface area contributed by atoms with Gasteiger partial charge in [0.2, 0.25) is 11.7 Å². The summed E-state index contributed by atoms with van der Waals surface area (Å²) in [5, 5.41) is 7.35. The van der Waals surface area contributed by atoms with E-state index in [1.165, 1.54) is 12.8 Å². The maximum Gasteiger partial charge on any atom is 0.227 e. The van der Waals surface area contributed by atoms with Crippen LogP contribution in [-0.2, 0) is 16.8 Å². The lowest BCUT2D eigenvalue weighted by molar-refractivity contribution is 0.00973. The number of nitrogens with zero attached hydrogens (tertiary/aromatic N) is 2. The van der Waals surface area contributed by atoms with Gasteiger partial charge in [0.15, 0.2) is 0 Å². The van der Waals surface area contributed by atoms with Crippen molar-refractivity contribution >= 4 is 0 Å². The van der Waals surface area contributed by atoms with Gasteiger partial charge < -0.3 is 14.6 Å². The zero-order valence-corrected chi connectivity index (χ0v) is 10.8. The lowest BCUT2D eigenvalue weighted by Gasteiger charge is -2.20. The van der Waals surface area contributed by atoms with Crippen LogP contribution in [-0.4, -0.2) is 30.3 Å². The van der Waals surface area contributed by atoms with Crippen LogP contribution < -0.4 is 5.32 Å². The van der Waals surface area contributed by atoms with Crippen molar-refractivity contribution in [2.75, 3.05) is 20.2 Å². The molecule has 1 aromatic rings. The van der Waals surface area contributed by atoms with Gasteiger partial charge in [-0.1, -0.05) is 5.16 Å². The molecule has 0 atom stereocenters. The number of piperidine rings is 1. The molecule has 0 unspecified atom stereocenters. The minimum absolute atomic E-state index is 0.476. The van der Waals surface area contributed by atoms with Crippen LogP contribution in [0.4, 0.5) is 0 Å². The van der Waals surface area contributed by atoms with E-state index in [1.54, 1.807) is 7.11 Å². The smallest absolute Gasteiger partial charge is 0.227 e. The Hall–Kier alpha value is -0.940. The molecule has 2 heterocycles. The molecule has 5 heteroatoms. The van der Waals surface area contributed by atoms with Gasteiger partial charge in [0, 0.05) is 13.5 Å². The third-order valence-electron chi connectivity index (χ3n) is 3.44. The molecule has 2 rings (SSSR count). The maximum absolute atomic E-state index is 5.33. The van der Waals surface area contributed by atoms with E-state index in [4.69, 9.17) is 9.26 Å². The first-order valence-corrected chi connectivity index (χ1v) is 6.21. The van der Waals surface area contributed by atoms with Gasteiger partial charge in [0.25, 0.3) is 0 Å². The standard InChI is InChI=1S/C12H21N3O2/c1-12(2,16-3)11-14-10(17-15-11)8-9-4-6-13-7-5-9/h9,13H,4-8H2,1-3H3. The summed E-state index contributed by atoms with van der Waals surface area (Å²) in [5.41, 5.74) is -0.476. The third kappa shape index (κ3) is 3.04. The van der Waals surface area contributed by atoms with E-state index >= 15 is 0 Å². The van der Waals surface area contributed by atoms with Crippen LogP contribution in [0.2, 0.25) is 0 Å². The van der Waals surface area contributed by atoms with Gasteiger partial charge in [-0.15, -0.1) is 0 Å². The molecular formula is C12H21N3O2. The second-order valence-corrected chi connectivity index (χ2v) is 5.12. The van der Waals surface area contributed by atoms with Crippen molar-refractivity contribution in [1.29, 1.82) is 0 Å². The van der Waals surface area contributed by atoms with Gasteiger partial charge in [-0.3, -0.25) is 0 Å². The maximum atomic E-state index is 5.33. The Morgan fingerprint density at radius 2 is 2.12 bits per heavy atom. The van der Waals surface area contributed by atoms with E-state index < -0.39 is 5.60 Å². The molecule has 1 saturated heterocycles. The third-order valence-corrected chi connectivity index (χ3v) is 3.44. The Labute approximate surface area is 102 Å². The molecule has 5 nitrogen and oxygen atoms in total. The fraction of sp³-hybridized carbons (Fsp3) is 0.833. The van der Waals surface area contributed by atoms with E-state index in [1.807, 2.05) is 13.8 Å². The van der Waals surface area contributed by atoms with Crippen molar-refractivity contribution in [3.8, 4) is 0 Å². The SMILES string of the molecule is COC(C)(C)c1noc(CC2CCNCC2)n1. The largest absolute Gasteiger partial charge is 0.371 e. The second kappa shape index (κ2) is 5.14. The highest BCUT2D eigenvalue weighted by Crippen LogP contribution is 2.22. The highest BCUT2D eigenvalue weighted by atomic mass is 16.5. The van der Waals surface area contributed by atoms with Crippen LogP contribution >= 0.6 is 0 Å². The first kappa shape index (κ1) is 12.5. The van der Waals surface area contributed by atoms with Crippen molar-refractivity contribution in [2.24, 2.45) is 5.92 Å². The lowest BCUT2D eigenvalue weighted by atomic mass is 9.95. The second-order valence-electron chi connectivity index (χ2n) is 5.12. The predicted octanol–water partition coefficient (Wildman–Crippen LogP) is 1.49. The van der Waals surface area contributed by atoms with Crippen LogP contribution in [0, 0.1) is 5.92 Å². The van der Waals surface area contributed by atoms with Crippen LogP contribution in [0.25, 0.3) is 0 Å². The fourth-order valence-electron chi connectivity index (χ4n) is 2.01. The zero-order chi connectivity index (χ0) is 12.3. The molecule has 0 saturated carbocycles. The van der Waals surface area contributed by atoms with Gasteiger partial charge >= 0.3 is 0 Å². The molecular weight excluding hydrogens is 218 g/mol. The number of hydrogen-bond acceptors (Lipinski definition) is 5. The van der Waals surface area contributed by atoms with Gasteiger partial charge in [0.05, 0.1) is 0 Å². The van der Waals surface area contributed by atoms with E-state index in [2.05, 4.69) is 15.5 Å². The van der Waals surface area contributed by atoms with Gasteiger partial charge in [0.1, 0.15) is 5.60 Å². The van der Waals surface area contributed by atoms with E-state index in [0.29, 0.717) is 11.7 Å². The molecule has 0 radical (unpaired) electrons. The van der Waals surface area contributed by atoms with E-state index in [-0.39, 0.29) is 0 Å². The highest BCUT2D eigenvalue weighted by Gasteiger charge is 2.27. The molecule has 17 heavy (non-hydrogen) atoms. The summed E-state index contributed by atoms with van der Waals surface area (Å²) in [6.45, 7) is 6.06. The van der Waals surface area contributed by atoms with Crippen molar-refractivity contribution in [2.45, 2.75) is 38.7 Å². The summed E-state index contributed by atoms with van der Waals surface area (Å²) in [6.07, 6.45) is 3.26. The molecule has 0 bridgehead atoms. The first-order chi connectivity index (χ1) is 8.12. The van der Waals surface area contributed by atoms with Crippen LogP contribution in [0.3, 0.4) is 0 Å². The van der Waals surface area contributed by atoms with Crippen LogP contribution in [0.5, 0.6) is 0 Å². The molecule has 1 aromatic heterocycles. The molecule has 0 aromatic carbocycles. The Kier molecular flexibility index (Phi) is 3.79. The number of aromatic nitrogens is 2. The lowest BCUT2D eigenvalue weighted by Crippen LogP contribution is -2.28. The highest BCUT2D eigenvalue weighted by molar-refractivity contribution is 4.98. The summed E-state index contributed by atoms with van der Waals surface area (Å²) in [7, 11) is 1.66. The minimum atomic E-state index is -0.476. The number of rotatable bonds is 4. The van der Waals surface area contributed by atoms with E-state index in [9.17, 15) is 0 Å². The predicted molar refractivity (Wildman–Crippen MR) is 63.6 cm³/mol. The summed E-state index contributed by atoms with van der Waals surface area (Å²) in [4.78, 5) is 4.42. The molecule has 0 amide bonds. The van der Waals surface area contributed by atoms with E-state index in [0.717, 1.165) is 25.4 Å². The average Bonchev–Trinajstić information content (AvgIpc) is 2.80. The Morgan fingerprint density at radius 1 is 1.41 bits per heavy atom. The Bertz CT molecular complexity index is 356. The minimum Gasteiger partial charge on any atom is -0.371 e. The van der Waals surface area contributed by atoms with Crippen molar-refractivity contribution < 1.29 is 9.26 Å². The number of hydrogen-bond donors (Lipinski definition) is 1. The van der Waals surface area contributed by atoms with Crippen molar-refractivity contribution in [3.05, 3.63) is 11.7 Å². The molecule has 1 fully saturated rings. The zero-order valence-electron chi connectivity index (χ0n) is 10.8. The average molecular weight is 239 g/mol. The number of methoxy groups -OCH3 is 1. The topological polar surface area (TPSA) is 60.2 Å². The Balaban J connectivity index is 1.98. The number of ether oxygens (including phenoxy) is 1. The van der Waals surface area contributed by atoms with Crippen LogP contribution in [0.15, 0.2) is 4.52 Å². The van der Waals surface area contributed by atoms with Crippen LogP contribution in [0.1, 0.15) is 38.4 Å². The summed E-state index contributed by atoms with van der Waals surface area (Å²) >= 11 is 0. The summed E-state index contributed by atoms with van der Waals surface area (Å²) in [6, 6.07) is 0. The molecule has 1 N–H and O–H groups in total. The van der Waals surface area contributed by atoms with Gasteiger partial charge in [-0.2, -0.15) is 4.98 Å². The monoisotopic (exact) mass is 239 g/mol. The number of nitrogens with one attached hydrogen (secondary N) is 1. The normalized spacial score (nSPS) is 18.5. The fourth-order valence-corrected chi connectivity index (χ4v) is 2.01. The molecule has 96 valence electrons. The summed E-state index contributed by atoms with van der Waals surface area (Å²) in [5.74, 6) is 2.02. The van der Waals surface area contributed by atoms with Crippen molar-refractivity contribution in [3.63, 3.8) is 0 Å².